The number of Topliss-reactive ketones (excluding diaryl/α,β-unsaturated/α-hetero) is 1. The number of nitriles is 1. The Morgan fingerprint density at radius 3 is 2.52 bits per heavy atom. The van der Waals surface area contributed by atoms with Gasteiger partial charge in [0.25, 0.3) is 0 Å². The average Bonchev–Trinajstić information content (AvgIpc) is 3.18. The van der Waals surface area contributed by atoms with Crippen LogP contribution in [0.25, 0.3) is 16.1 Å². The Morgan fingerprint density at radius 1 is 1.19 bits per heavy atom. The fourth-order valence-corrected chi connectivity index (χ4v) is 4.22. The molecule has 1 aromatic heterocycles. The number of aromatic nitrogens is 1. The predicted molar refractivity (Wildman–Crippen MR) is 117 cm³/mol. The molecule has 1 heterocycles. The number of benzene rings is 2. The molecule has 0 N–H and O–H groups in total. The Bertz CT molecular complexity index is 1020. The van der Waals surface area contributed by atoms with E-state index < -0.39 is 0 Å². The maximum absolute atomic E-state index is 12.6. The summed E-state index contributed by atoms with van der Waals surface area (Å²) < 4.78 is 0.924. The van der Waals surface area contributed by atoms with Crippen LogP contribution in [0.15, 0.2) is 69.4 Å². The average molecular weight is 455 g/mol. The van der Waals surface area contributed by atoms with Crippen LogP contribution in [0.2, 0.25) is 0 Å². The van der Waals surface area contributed by atoms with Crippen LogP contribution in [0.1, 0.15) is 22.5 Å². The van der Waals surface area contributed by atoms with Crippen molar-refractivity contribution in [2.75, 3.05) is 6.26 Å². The minimum Gasteiger partial charge on any atom is -0.294 e. The Kier molecular flexibility index (Phi) is 6.62. The van der Waals surface area contributed by atoms with Gasteiger partial charge >= 0.3 is 0 Å². The van der Waals surface area contributed by atoms with Crippen LogP contribution in [0.5, 0.6) is 0 Å². The molecule has 0 saturated carbocycles. The van der Waals surface area contributed by atoms with Gasteiger partial charge in [-0.05, 0) is 18.4 Å². The minimum atomic E-state index is -0.0156. The quantitative estimate of drug-likeness (QED) is 0.317. The topological polar surface area (TPSA) is 53.8 Å². The van der Waals surface area contributed by atoms with Crippen molar-refractivity contribution in [2.45, 2.75) is 6.42 Å². The number of ketones is 1. The van der Waals surface area contributed by atoms with Crippen molar-refractivity contribution in [1.29, 1.82) is 5.26 Å². The van der Waals surface area contributed by atoms with Gasteiger partial charge in [-0.3, -0.25) is 4.79 Å². The van der Waals surface area contributed by atoms with E-state index in [1.54, 1.807) is 12.1 Å². The van der Waals surface area contributed by atoms with Crippen LogP contribution < -0.4 is 0 Å². The normalized spacial score (nSPS) is 11.6. The van der Waals surface area contributed by atoms with Gasteiger partial charge in [-0.1, -0.05) is 58.4 Å². The molecule has 3 nitrogen and oxygen atoms in total. The van der Waals surface area contributed by atoms with E-state index in [-0.39, 0.29) is 12.2 Å². The summed E-state index contributed by atoms with van der Waals surface area (Å²) in [4.78, 5) is 18.0. The molecule has 2 aromatic carbocycles. The molecule has 0 aliphatic heterocycles. The first-order valence-electron chi connectivity index (χ1n) is 8.09. The Morgan fingerprint density at radius 2 is 1.89 bits per heavy atom. The smallest absolute Gasteiger partial charge is 0.167 e. The van der Waals surface area contributed by atoms with Crippen LogP contribution in [-0.4, -0.2) is 17.0 Å². The Balaban J connectivity index is 1.90. The fourth-order valence-electron chi connectivity index (χ4n) is 2.51. The van der Waals surface area contributed by atoms with Gasteiger partial charge in [0, 0.05) is 32.3 Å². The van der Waals surface area contributed by atoms with E-state index in [1.807, 2.05) is 54.1 Å². The Hall–Kier alpha value is -2.20. The highest BCUT2D eigenvalue weighted by Gasteiger charge is 2.17. The summed E-state index contributed by atoms with van der Waals surface area (Å²) in [7, 11) is 0. The first kappa shape index (κ1) is 19.6. The van der Waals surface area contributed by atoms with Crippen LogP contribution in [-0.2, 0) is 0 Å². The molecule has 0 atom stereocenters. The lowest BCUT2D eigenvalue weighted by Crippen LogP contribution is -2.01. The molecule has 6 heteroatoms. The standard InChI is InChI=1S/C21H15BrN2OS2/c1-26-20(11-19(25)14-7-9-16(22)10-8-14)17(12-23)18-13-27-21(24-18)15-5-3-2-4-6-15/h2-10,13H,11H2,1H3/b20-17+. The molecular formula is C21H15BrN2OS2. The molecular weight excluding hydrogens is 440 g/mol. The molecule has 3 rings (SSSR count). The lowest BCUT2D eigenvalue weighted by molar-refractivity contribution is 0.0995. The van der Waals surface area contributed by atoms with Gasteiger partial charge in [-0.2, -0.15) is 5.26 Å². The zero-order chi connectivity index (χ0) is 19.2. The van der Waals surface area contributed by atoms with Crippen LogP contribution in [0.3, 0.4) is 0 Å². The second kappa shape index (κ2) is 9.14. The third-order valence-electron chi connectivity index (χ3n) is 3.91. The number of thiazole rings is 1. The van der Waals surface area contributed by atoms with Crippen molar-refractivity contribution >= 4 is 50.4 Å². The van der Waals surface area contributed by atoms with Crippen LogP contribution >= 0.6 is 39.0 Å². The molecule has 3 aromatic rings. The molecule has 0 amide bonds. The maximum Gasteiger partial charge on any atom is 0.167 e. The van der Waals surface area contributed by atoms with Crippen molar-refractivity contribution in [3.8, 4) is 16.6 Å². The number of carbonyl (C=O) groups excluding carboxylic acids is 1. The van der Waals surface area contributed by atoms with Crippen LogP contribution in [0.4, 0.5) is 0 Å². The highest BCUT2D eigenvalue weighted by molar-refractivity contribution is 9.10. The van der Waals surface area contributed by atoms with Crippen LogP contribution in [0, 0.1) is 11.3 Å². The molecule has 0 radical (unpaired) electrons. The lowest BCUT2D eigenvalue weighted by atomic mass is 10.1. The second-order valence-corrected chi connectivity index (χ2v) is 8.30. The summed E-state index contributed by atoms with van der Waals surface area (Å²) in [5.74, 6) is -0.0156. The van der Waals surface area contributed by atoms with Crippen molar-refractivity contribution < 1.29 is 4.79 Å². The summed E-state index contributed by atoms with van der Waals surface area (Å²) in [6.07, 6.45) is 2.07. The van der Waals surface area contributed by atoms with Crippen molar-refractivity contribution in [3.63, 3.8) is 0 Å². The van der Waals surface area contributed by atoms with Gasteiger partial charge in [0.2, 0.25) is 0 Å². The highest BCUT2D eigenvalue weighted by atomic mass is 79.9. The fraction of sp³-hybridized carbons (Fsp3) is 0.0952. The number of halogens is 1. The van der Waals surface area contributed by atoms with E-state index in [9.17, 15) is 10.1 Å². The van der Waals surface area contributed by atoms with E-state index in [2.05, 4.69) is 27.0 Å². The van der Waals surface area contributed by atoms with Gasteiger partial charge in [0.05, 0.1) is 11.3 Å². The largest absolute Gasteiger partial charge is 0.294 e. The molecule has 0 saturated heterocycles. The molecule has 0 bridgehead atoms. The maximum atomic E-state index is 12.6. The number of hydrogen-bond acceptors (Lipinski definition) is 5. The van der Waals surface area contributed by atoms with Crippen molar-refractivity contribution in [3.05, 3.63) is 80.6 Å². The first-order valence-corrected chi connectivity index (χ1v) is 11.0. The van der Waals surface area contributed by atoms with Gasteiger partial charge in [-0.15, -0.1) is 23.1 Å². The SMILES string of the molecule is CS/C(CC(=O)c1ccc(Br)cc1)=C(\C#N)c1csc(-c2ccccc2)n1. The number of nitrogens with zero attached hydrogens (tertiary/aromatic N) is 2. The minimum absolute atomic E-state index is 0.0156. The molecule has 27 heavy (non-hydrogen) atoms. The van der Waals surface area contributed by atoms with Crippen molar-refractivity contribution in [2.24, 2.45) is 0 Å². The van der Waals surface area contributed by atoms with Gasteiger partial charge in [0.1, 0.15) is 11.1 Å². The third kappa shape index (κ3) is 4.75. The number of rotatable bonds is 6. The zero-order valence-electron chi connectivity index (χ0n) is 14.5. The monoisotopic (exact) mass is 454 g/mol. The molecule has 0 spiro atoms. The third-order valence-corrected chi connectivity index (χ3v) is 6.17. The number of hydrogen-bond donors (Lipinski definition) is 0. The number of thioether (sulfide) groups is 1. The summed E-state index contributed by atoms with van der Waals surface area (Å²) in [6, 6.07) is 19.4. The molecule has 0 unspecified atom stereocenters. The van der Waals surface area contributed by atoms with Gasteiger partial charge in [0.15, 0.2) is 5.78 Å². The van der Waals surface area contributed by atoms with E-state index in [4.69, 9.17) is 0 Å². The predicted octanol–water partition coefficient (Wildman–Crippen LogP) is 6.44. The zero-order valence-corrected chi connectivity index (χ0v) is 17.7. The van der Waals surface area contributed by atoms with E-state index in [1.165, 1.54) is 23.1 Å². The number of allylic oxidation sites excluding steroid dienone is 2. The Labute approximate surface area is 174 Å². The summed E-state index contributed by atoms with van der Waals surface area (Å²) in [5.41, 5.74) is 2.73. The molecule has 134 valence electrons. The van der Waals surface area contributed by atoms with E-state index in [0.29, 0.717) is 16.8 Å². The lowest BCUT2D eigenvalue weighted by Gasteiger charge is -2.07. The molecule has 0 fully saturated rings. The van der Waals surface area contributed by atoms with E-state index in [0.717, 1.165) is 19.9 Å². The van der Waals surface area contributed by atoms with Crippen molar-refractivity contribution in [1.82, 2.24) is 4.98 Å². The van der Waals surface area contributed by atoms with E-state index >= 15 is 0 Å². The second-order valence-electron chi connectivity index (χ2n) is 5.62. The number of carbonyl (C=O) groups is 1. The first-order chi connectivity index (χ1) is 13.1. The summed E-state index contributed by atoms with van der Waals surface area (Å²) in [5, 5.41) is 12.4. The highest BCUT2D eigenvalue weighted by Crippen LogP contribution is 2.32. The van der Waals surface area contributed by atoms with Gasteiger partial charge < -0.3 is 0 Å². The summed E-state index contributed by atoms with van der Waals surface area (Å²) >= 11 is 6.29. The van der Waals surface area contributed by atoms with Gasteiger partial charge in [-0.25, -0.2) is 4.98 Å². The summed E-state index contributed by atoms with van der Waals surface area (Å²) in [6.45, 7) is 0. The molecule has 0 aliphatic carbocycles. The molecule has 0 aliphatic rings.